The van der Waals surface area contributed by atoms with E-state index in [4.69, 9.17) is 4.74 Å². The van der Waals surface area contributed by atoms with E-state index in [1.54, 1.807) is 6.08 Å². The van der Waals surface area contributed by atoms with Gasteiger partial charge in [-0.2, -0.15) is 0 Å². The maximum atomic E-state index is 12.5. The van der Waals surface area contributed by atoms with Gasteiger partial charge in [-0.25, -0.2) is 0 Å². The molecule has 0 saturated heterocycles. The zero-order chi connectivity index (χ0) is 52.9. The SMILES string of the molecule is CCCCCC/C=C\C/C=C\CCCCCCCCCC(=O)OCCCCCCCCCCCCCCCCCCCCCCCCCCCC(=O)NC(CO)C(O)/C=C/CCCCCCCCCCCCC. The van der Waals surface area contributed by atoms with Crippen molar-refractivity contribution in [3.8, 4) is 0 Å². The molecule has 0 radical (unpaired) electrons. The summed E-state index contributed by atoms with van der Waals surface area (Å²) in [5.41, 5.74) is 0. The summed E-state index contributed by atoms with van der Waals surface area (Å²) in [7, 11) is 0. The van der Waals surface area contributed by atoms with Gasteiger partial charge in [0.2, 0.25) is 5.91 Å². The Morgan fingerprint density at radius 3 is 1.05 bits per heavy atom. The lowest BCUT2D eigenvalue weighted by molar-refractivity contribution is -0.143. The fourth-order valence-electron chi connectivity index (χ4n) is 10.1. The number of nitrogens with one attached hydrogen (secondary N) is 1. The Morgan fingerprint density at radius 2 is 0.685 bits per heavy atom. The summed E-state index contributed by atoms with van der Waals surface area (Å²) in [6.07, 6.45) is 79.1. The Labute approximate surface area is 455 Å². The molecule has 0 aromatic carbocycles. The first kappa shape index (κ1) is 71.1. The molecule has 3 N–H and O–H groups in total. The Bertz CT molecular complexity index is 1180. The Kier molecular flexibility index (Phi) is 61.0. The molecular formula is C67H127NO5. The van der Waals surface area contributed by atoms with Crippen LogP contribution in [0.3, 0.4) is 0 Å². The number of amides is 1. The van der Waals surface area contributed by atoms with Crippen molar-refractivity contribution in [2.75, 3.05) is 13.2 Å². The molecule has 0 aliphatic rings. The highest BCUT2D eigenvalue weighted by molar-refractivity contribution is 5.76. The number of ether oxygens (including phenoxy) is 1. The molecule has 430 valence electrons. The molecule has 2 atom stereocenters. The summed E-state index contributed by atoms with van der Waals surface area (Å²) in [5.74, 6) is -0.0568. The quantitative estimate of drug-likeness (QED) is 0.0320. The number of carbonyl (C=O) groups is 2. The molecule has 0 aliphatic carbocycles. The zero-order valence-electron chi connectivity index (χ0n) is 49.1. The van der Waals surface area contributed by atoms with Crippen molar-refractivity contribution in [2.45, 2.75) is 366 Å². The van der Waals surface area contributed by atoms with E-state index in [0.29, 0.717) is 19.4 Å². The van der Waals surface area contributed by atoms with Gasteiger partial charge in [-0.05, 0) is 64.2 Å². The number of aliphatic hydroxyl groups is 2. The predicted molar refractivity (Wildman–Crippen MR) is 319 cm³/mol. The van der Waals surface area contributed by atoms with Crippen molar-refractivity contribution in [1.29, 1.82) is 0 Å². The molecule has 2 unspecified atom stereocenters. The van der Waals surface area contributed by atoms with Crippen molar-refractivity contribution in [2.24, 2.45) is 0 Å². The Morgan fingerprint density at radius 1 is 0.384 bits per heavy atom. The molecule has 0 heterocycles. The molecule has 1 amide bonds. The normalized spacial score (nSPS) is 12.8. The van der Waals surface area contributed by atoms with E-state index in [9.17, 15) is 19.8 Å². The van der Waals surface area contributed by atoms with Crippen molar-refractivity contribution in [1.82, 2.24) is 5.32 Å². The standard InChI is InChI=1S/C67H127NO5/c1-3-5-7-9-11-13-15-17-18-19-30-33-37-41-45-49-53-57-61-67(72)73-62-58-54-50-46-42-38-34-31-28-26-24-22-20-21-23-25-27-29-32-36-40-44-48-52-56-60-66(71)68-64(63-69)65(70)59-55-51-47-43-39-35-16-14-12-10-8-6-4-2/h13,15,18-19,55,59,64-65,69-70H,3-12,14,16-17,20-54,56-58,60-63H2,1-2H3,(H,68,71)/b15-13-,19-18-,59-55+. The van der Waals surface area contributed by atoms with E-state index in [2.05, 4.69) is 43.5 Å². The van der Waals surface area contributed by atoms with E-state index >= 15 is 0 Å². The van der Waals surface area contributed by atoms with Crippen LogP contribution in [0.2, 0.25) is 0 Å². The van der Waals surface area contributed by atoms with Crippen molar-refractivity contribution < 1.29 is 24.5 Å². The lowest BCUT2D eigenvalue weighted by Gasteiger charge is -2.20. The van der Waals surface area contributed by atoms with Crippen LogP contribution >= 0.6 is 0 Å². The van der Waals surface area contributed by atoms with Crippen LogP contribution in [0.4, 0.5) is 0 Å². The van der Waals surface area contributed by atoms with E-state index < -0.39 is 12.1 Å². The molecule has 0 rings (SSSR count). The molecule has 0 fully saturated rings. The van der Waals surface area contributed by atoms with Crippen LogP contribution in [-0.2, 0) is 14.3 Å². The lowest BCUT2D eigenvalue weighted by Crippen LogP contribution is -2.45. The highest BCUT2D eigenvalue weighted by Gasteiger charge is 2.18. The number of unbranched alkanes of at least 4 members (excludes halogenated alkanes) is 46. The van der Waals surface area contributed by atoms with Crippen LogP contribution in [0.15, 0.2) is 36.5 Å². The van der Waals surface area contributed by atoms with Gasteiger partial charge in [-0.15, -0.1) is 0 Å². The minimum absolute atomic E-state index is 0.00875. The molecule has 0 aliphatic heterocycles. The van der Waals surface area contributed by atoms with E-state index in [1.807, 2.05) is 6.08 Å². The number of rotatable bonds is 61. The van der Waals surface area contributed by atoms with Gasteiger partial charge >= 0.3 is 5.97 Å². The van der Waals surface area contributed by atoms with Crippen LogP contribution < -0.4 is 5.32 Å². The first-order valence-corrected chi connectivity index (χ1v) is 32.8. The predicted octanol–water partition coefficient (Wildman–Crippen LogP) is 20.8. The zero-order valence-corrected chi connectivity index (χ0v) is 49.1. The van der Waals surface area contributed by atoms with Gasteiger partial charge in [-0.3, -0.25) is 9.59 Å². The summed E-state index contributed by atoms with van der Waals surface area (Å²) < 4.78 is 5.50. The summed E-state index contributed by atoms with van der Waals surface area (Å²) in [4.78, 5) is 24.5. The van der Waals surface area contributed by atoms with Crippen LogP contribution in [0.5, 0.6) is 0 Å². The van der Waals surface area contributed by atoms with Crippen molar-refractivity contribution in [3.63, 3.8) is 0 Å². The number of aliphatic hydroxyl groups excluding tert-OH is 2. The monoisotopic (exact) mass is 1030 g/mol. The smallest absolute Gasteiger partial charge is 0.305 e. The van der Waals surface area contributed by atoms with Crippen LogP contribution in [-0.4, -0.2) is 47.4 Å². The van der Waals surface area contributed by atoms with Crippen LogP contribution in [0.25, 0.3) is 0 Å². The molecular weight excluding hydrogens is 899 g/mol. The number of allylic oxidation sites excluding steroid dienone is 5. The number of esters is 1. The average molecular weight is 1030 g/mol. The third-order valence-corrected chi connectivity index (χ3v) is 15.2. The van der Waals surface area contributed by atoms with Gasteiger partial charge in [0.15, 0.2) is 0 Å². The fourth-order valence-corrected chi connectivity index (χ4v) is 10.1. The second-order valence-corrected chi connectivity index (χ2v) is 22.5. The van der Waals surface area contributed by atoms with Crippen molar-refractivity contribution >= 4 is 11.9 Å². The highest BCUT2D eigenvalue weighted by Crippen LogP contribution is 2.18. The Hall–Kier alpha value is -1.92. The molecule has 6 heteroatoms. The maximum Gasteiger partial charge on any atom is 0.305 e. The molecule has 0 spiro atoms. The first-order valence-electron chi connectivity index (χ1n) is 32.8. The van der Waals surface area contributed by atoms with E-state index in [-0.39, 0.29) is 18.5 Å². The first-order chi connectivity index (χ1) is 36.0. The summed E-state index contributed by atoms with van der Waals surface area (Å²) in [6.45, 7) is 4.90. The van der Waals surface area contributed by atoms with Gasteiger partial charge in [0.25, 0.3) is 0 Å². The van der Waals surface area contributed by atoms with Crippen LogP contribution in [0.1, 0.15) is 354 Å². The molecule has 0 aromatic heterocycles. The molecule has 0 bridgehead atoms. The topological polar surface area (TPSA) is 95.9 Å². The molecule has 0 aromatic rings. The van der Waals surface area contributed by atoms with E-state index in [0.717, 1.165) is 51.4 Å². The summed E-state index contributed by atoms with van der Waals surface area (Å²) >= 11 is 0. The van der Waals surface area contributed by atoms with Gasteiger partial charge < -0.3 is 20.3 Å². The number of hydrogen-bond donors (Lipinski definition) is 3. The third kappa shape index (κ3) is 59.2. The second-order valence-electron chi connectivity index (χ2n) is 22.5. The molecule has 0 saturated carbocycles. The van der Waals surface area contributed by atoms with Crippen molar-refractivity contribution in [3.05, 3.63) is 36.5 Å². The number of hydrogen-bond acceptors (Lipinski definition) is 5. The largest absolute Gasteiger partial charge is 0.466 e. The average Bonchev–Trinajstić information content (AvgIpc) is 3.39. The Balaban J connectivity index is 3.36. The van der Waals surface area contributed by atoms with Gasteiger partial charge in [0.05, 0.1) is 25.4 Å². The van der Waals surface area contributed by atoms with E-state index in [1.165, 1.54) is 276 Å². The van der Waals surface area contributed by atoms with Gasteiger partial charge in [0.1, 0.15) is 0 Å². The van der Waals surface area contributed by atoms with Gasteiger partial charge in [0, 0.05) is 12.8 Å². The number of carbonyl (C=O) groups excluding carboxylic acids is 2. The fraction of sp³-hybridized carbons (Fsp3) is 0.881. The summed E-state index contributed by atoms with van der Waals surface area (Å²) in [5, 5.41) is 23.1. The lowest BCUT2D eigenvalue weighted by atomic mass is 10.0. The highest BCUT2D eigenvalue weighted by atomic mass is 16.5. The van der Waals surface area contributed by atoms with Crippen LogP contribution in [0, 0.1) is 0 Å². The second kappa shape index (κ2) is 62.6. The summed E-state index contributed by atoms with van der Waals surface area (Å²) in [6, 6.07) is -0.626. The maximum absolute atomic E-state index is 12.5. The van der Waals surface area contributed by atoms with Gasteiger partial charge in [-0.1, -0.05) is 314 Å². The minimum Gasteiger partial charge on any atom is -0.466 e. The third-order valence-electron chi connectivity index (χ3n) is 15.2. The molecule has 6 nitrogen and oxygen atoms in total. The minimum atomic E-state index is -0.842. The molecule has 73 heavy (non-hydrogen) atoms.